The molecule has 0 bridgehead atoms. The summed E-state index contributed by atoms with van der Waals surface area (Å²) in [6.07, 6.45) is 7.24. The summed E-state index contributed by atoms with van der Waals surface area (Å²) in [6.45, 7) is 2.69. The molecule has 1 heterocycles. The van der Waals surface area contributed by atoms with Gasteiger partial charge in [0.2, 0.25) is 0 Å². The average Bonchev–Trinajstić information content (AvgIpc) is 3.63. The van der Waals surface area contributed by atoms with Crippen LogP contribution in [0.1, 0.15) is 43.2 Å². The van der Waals surface area contributed by atoms with Crippen molar-refractivity contribution in [2.45, 2.75) is 38.5 Å². The van der Waals surface area contributed by atoms with Crippen LogP contribution in [-0.4, -0.2) is 36.6 Å². The van der Waals surface area contributed by atoms with Crippen LogP contribution in [0.15, 0.2) is 60.7 Å². The molecule has 34 heavy (non-hydrogen) atoms. The van der Waals surface area contributed by atoms with Gasteiger partial charge in [0.05, 0.1) is 18.1 Å². The van der Waals surface area contributed by atoms with Crippen LogP contribution in [0, 0.1) is 5.92 Å². The van der Waals surface area contributed by atoms with Crippen LogP contribution in [0.5, 0.6) is 11.5 Å². The molecular formula is C27H30ClNO4S. The first kappa shape index (κ1) is 24.6. The molecule has 5 nitrogen and oxygen atoms in total. The maximum absolute atomic E-state index is 12.7. The highest BCUT2D eigenvalue weighted by molar-refractivity contribution is 7.91. The molecule has 0 radical (unpaired) electrons. The van der Waals surface area contributed by atoms with Crippen molar-refractivity contribution in [1.82, 2.24) is 4.98 Å². The van der Waals surface area contributed by atoms with E-state index in [-0.39, 0.29) is 23.2 Å². The molecular weight excluding hydrogens is 470 g/mol. The van der Waals surface area contributed by atoms with Crippen LogP contribution in [0.4, 0.5) is 0 Å². The van der Waals surface area contributed by atoms with E-state index in [0.29, 0.717) is 29.4 Å². The summed E-state index contributed by atoms with van der Waals surface area (Å²) in [5.74, 6) is 1.70. The summed E-state index contributed by atoms with van der Waals surface area (Å²) >= 11 is 6.26. The van der Waals surface area contributed by atoms with Crippen molar-refractivity contribution in [2.75, 3.05) is 18.1 Å². The smallest absolute Gasteiger partial charge is 0.151 e. The lowest BCUT2D eigenvalue weighted by atomic mass is 10.0. The number of allylic oxidation sites excluding steroid dienone is 2. The number of pyridine rings is 1. The van der Waals surface area contributed by atoms with Crippen molar-refractivity contribution in [3.63, 3.8) is 0 Å². The zero-order valence-corrected chi connectivity index (χ0v) is 20.9. The average molecular weight is 500 g/mol. The zero-order valence-electron chi connectivity index (χ0n) is 19.3. The largest absolute Gasteiger partial charge is 0.506 e. The van der Waals surface area contributed by atoms with E-state index >= 15 is 0 Å². The van der Waals surface area contributed by atoms with Gasteiger partial charge < -0.3 is 9.84 Å². The van der Waals surface area contributed by atoms with Crippen molar-refractivity contribution >= 4 is 32.3 Å². The number of hydrogen-bond acceptors (Lipinski definition) is 5. The van der Waals surface area contributed by atoms with Crippen LogP contribution in [-0.2, 0) is 16.3 Å². The monoisotopic (exact) mass is 499 g/mol. The normalized spacial score (nSPS) is 15.1. The number of phenols is 1. The van der Waals surface area contributed by atoms with Gasteiger partial charge in [-0.3, -0.25) is 0 Å². The Hall–Kier alpha value is -2.57. The quantitative estimate of drug-likeness (QED) is 0.255. The molecule has 2 aromatic carbocycles. The van der Waals surface area contributed by atoms with Gasteiger partial charge in [-0.05, 0) is 72.9 Å². The summed E-state index contributed by atoms with van der Waals surface area (Å²) < 4.78 is 31.2. The number of aromatic nitrogens is 1. The Morgan fingerprint density at radius 2 is 1.97 bits per heavy atom. The number of rotatable bonds is 11. The van der Waals surface area contributed by atoms with Crippen molar-refractivity contribution in [3.8, 4) is 11.5 Å². The third kappa shape index (κ3) is 6.73. The van der Waals surface area contributed by atoms with Gasteiger partial charge in [0.25, 0.3) is 0 Å². The van der Waals surface area contributed by atoms with E-state index in [2.05, 4.69) is 4.98 Å². The van der Waals surface area contributed by atoms with Crippen molar-refractivity contribution < 1.29 is 18.3 Å². The number of sulfone groups is 1. The molecule has 0 saturated heterocycles. The molecule has 1 N–H and O–H groups in total. The summed E-state index contributed by atoms with van der Waals surface area (Å²) in [4.78, 5) is 4.28. The van der Waals surface area contributed by atoms with Crippen LogP contribution in [0.25, 0.3) is 10.9 Å². The molecule has 180 valence electrons. The summed E-state index contributed by atoms with van der Waals surface area (Å²) in [6, 6.07) is 14.9. The third-order valence-corrected chi connectivity index (χ3v) is 8.26. The second-order valence-corrected chi connectivity index (χ2v) is 11.7. The van der Waals surface area contributed by atoms with E-state index in [1.807, 2.05) is 55.5 Å². The first-order chi connectivity index (χ1) is 16.3. The fraction of sp³-hybridized carbons (Fsp3) is 0.370. The molecule has 1 aliphatic carbocycles. The minimum atomic E-state index is -3.20. The van der Waals surface area contributed by atoms with E-state index in [4.69, 9.17) is 16.3 Å². The Morgan fingerprint density at radius 1 is 1.18 bits per heavy atom. The number of ether oxygens (including phenoxy) is 1. The lowest BCUT2D eigenvalue weighted by Crippen LogP contribution is -2.16. The van der Waals surface area contributed by atoms with Gasteiger partial charge >= 0.3 is 0 Å². The Balaban J connectivity index is 1.28. The molecule has 4 rings (SSSR count). The molecule has 7 heteroatoms. The van der Waals surface area contributed by atoms with Crippen LogP contribution in [0.3, 0.4) is 0 Å². The molecule has 0 amide bonds. The minimum absolute atomic E-state index is 0.0958. The minimum Gasteiger partial charge on any atom is -0.506 e. The zero-order chi connectivity index (χ0) is 24.1. The number of aromatic hydroxyl groups is 1. The maximum Gasteiger partial charge on any atom is 0.151 e. The molecule has 1 saturated carbocycles. The molecule has 1 atom stereocenters. The van der Waals surface area contributed by atoms with Gasteiger partial charge in [0.1, 0.15) is 22.2 Å². The second kappa shape index (κ2) is 10.8. The molecule has 3 aromatic rings. The molecule has 1 fully saturated rings. The van der Waals surface area contributed by atoms with E-state index < -0.39 is 9.84 Å². The highest BCUT2D eigenvalue weighted by atomic mass is 35.5. The van der Waals surface area contributed by atoms with E-state index in [1.165, 1.54) is 12.8 Å². The van der Waals surface area contributed by atoms with Crippen molar-refractivity contribution in [1.29, 1.82) is 0 Å². The standard InChI is InChI=1S/C27H30ClNO4S/c1-19(21-8-5-10-24(16-21)33-17-20-12-13-20)18-34(31,32)14-4-2-3-7-23-15-22-9-6-11-25(30)26(22)29-27(23)28/h2-3,5-6,8-11,15-16,19-20,30H,4,7,12-14,17-18H2,1H3/b3-2+/t19-/m0/s1. The number of fused-ring (bicyclic) bond motifs is 1. The van der Waals surface area contributed by atoms with Crippen LogP contribution >= 0.6 is 11.6 Å². The fourth-order valence-electron chi connectivity index (χ4n) is 3.89. The Morgan fingerprint density at radius 3 is 2.76 bits per heavy atom. The van der Waals surface area contributed by atoms with Gasteiger partial charge in [0, 0.05) is 5.39 Å². The molecule has 0 unspecified atom stereocenters. The second-order valence-electron chi connectivity index (χ2n) is 9.09. The SMILES string of the molecule is C[C@@H](CS(=O)(=O)CC/C=C/Cc1cc2cccc(O)c2nc1Cl)c1cccc(OCC2CC2)c1. The number of hydrogen-bond donors (Lipinski definition) is 1. The highest BCUT2D eigenvalue weighted by Crippen LogP contribution is 2.30. The van der Waals surface area contributed by atoms with Gasteiger partial charge in [-0.1, -0.05) is 54.9 Å². The number of halogens is 1. The Kier molecular flexibility index (Phi) is 7.79. The molecule has 1 aromatic heterocycles. The number of phenolic OH excluding ortho intramolecular Hbond substituents is 1. The van der Waals surface area contributed by atoms with Crippen molar-refractivity contribution in [3.05, 3.63) is 77.0 Å². The van der Waals surface area contributed by atoms with Gasteiger partial charge in [-0.2, -0.15) is 0 Å². The highest BCUT2D eigenvalue weighted by Gasteiger charge is 2.22. The van der Waals surface area contributed by atoms with E-state index in [9.17, 15) is 13.5 Å². The lowest BCUT2D eigenvalue weighted by Gasteiger charge is -2.14. The molecule has 0 aliphatic heterocycles. The number of para-hydroxylation sites is 1. The topological polar surface area (TPSA) is 76.5 Å². The molecule has 0 spiro atoms. The van der Waals surface area contributed by atoms with Crippen molar-refractivity contribution in [2.24, 2.45) is 5.92 Å². The maximum atomic E-state index is 12.7. The number of nitrogens with zero attached hydrogens (tertiary/aromatic N) is 1. The Labute approximate surface area is 206 Å². The Bertz CT molecular complexity index is 1290. The van der Waals surface area contributed by atoms with Gasteiger partial charge in [0.15, 0.2) is 9.84 Å². The lowest BCUT2D eigenvalue weighted by molar-refractivity contribution is 0.299. The third-order valence-electron chi connectivity index (χ3n) is 6.06. The first-order valence-corrected chi connectivity index (χ1v) is 13.9. The predicted molar refractivity (Wildman–Crippen MR) is 138 cm³/mol. The molecule has 1 aliphatic rings. The van der Waals surface area contributed by atoms with E-state index in [0.717, 1.165) is 28.9 Å². The van der Waals surface area contributed by atoms with Crippen LogP contribution < -0.4 is 4.74 Å². The van der Waals surface area contributed by atoms with Crippen LogP contribution in [0.2, 0.25) is 5.15 Å². The first-order valence-electron chi connectivity index (χ1n) is 11.7. The summed E-state index contributed by atoms with van der Waals surface area (Å²) in [5.41, 5.74) is 2.29. The van der Waals surface area contributed by atoms with E-state index in [1.54, 1.807) is 12.1 Å². The predicted octanol–water partition coefficient (Wildman–Crippen LogP) is 6.09. The summed E-state index contributed by atoms with van der Waals surface area (Å²) in [5, 5.41) is 11.1. The fourth-order valence-corrected chi connectivity index (χ4v) is 5.73. The summed E-state index contributed by atoms with van der Waals surface area (Å²) in [7, 11) is -3.20. The van der Waals surface area contributed by atoms with Gasteiger partial charge in [-0.15, -0.1) is 0 Å². The van der Waals surface area contributed by atoms with Gasteiger partial charge in [-0.25, -0.2) is 13.4 Å². The number of benzene rings is 2.